The molecule has 4 N–H and O–H groups in total. The van der Waals surface area contributed by atoms with Gasteiger partial charge in [0.15, 0.2) is 10.3 Å². The van der Waals surface area contributed by atoms with Gasteiger partial charge in [-0.2, -0.15) is 42.4 Å². The van der Waals surface area contributed by atoms with Crippen molar-refractivity contribution in [1.82, 2.24) is 51.0 Å². The summed E-state index contributed by atoms with van der Waals surface area (Å²) in [5.74, 6) is 0.791. The number of halogens is 4. The Hall–Kier alpha value is -8.01. The number of hydrogen-bond acceptors (Lipinski definition) is 19. The second-order valence-electron chi connectivity index (χ2n) is 19.5. The zero-order valence-electron chi connectivity index (χ0n) is 50.4. The summed E-state index contributed by atoms with van der Waals surface area (Å²) in [5, 5.41) is 57.3. The second kappa shape index (κ2) is 48.8. The molecule has 0 aliphatic carbocycles. The van der Waals surface area contributed by atoms with Crippen molar-refractivity contribution in [2.45, 2.75) is 116 Å². The third kappa shape index (κ3) is 38.3. The predicted molar refractivity (Wildman–Crippen MR) is 358 cm³/mol. The van der Waals surface area contributed by atoms with Gasteiger partial charge in [0.2, 0.25) is 10.4 Å². The van der Waals surface area contributed by atoms with E-state index in [1.54, 1.807) is 24.3 Å². The van der Waals surface area contributed by atoms with Crippen molar-refractivity contribution in [2.75, 3.05) is 11.5 Å². The number of rotatable bonds is 25. The maximum absolute atomic E-state index is 12.1. The number of unbranched alkanes of at least 4 members (excludes halogenated alkanes) is 5. The zero-order valence-corrected chi connectivity index (χ0v) is 58.0. The average molecular weight is 1420 g/mol. The number of hydrogen-bond donors (Lipinski definition) is 2. The van der Waals surface area contributed by atoms with Crippen LogP contribution in [0.25, 0.3) is 0 Å². The van der Waals surface area contributed by atoms with Gasteiger partial charge in [0.25, 0.3) is 0 Å². The van der Waals surface area contributed by atoms with Crippen LogP contribution in [0.1, 0.15) is 107 Å². The van der Waals surface area contributed by atoms with Crippen LogP contribution in [0.4, 0.5) is 10.9 Å². The number of benzene rings is 4. The van der Waals surface area contributed by atoms with Crippen LogP contribution in [0.5, 0.6) is 0 Å². The van der Waals surface area contributed by atoms with Crippen LogP contribution in [0.15, 0.2) is 170 Å². The molecule has 18 nitrogen and oxygen atoms in total. The molecule has 0 amide bonds. The monoisotopic (exact) mass is 1410 g/mol. The van der Waals surface area contributed by atoms with Crippen molar-refractivity contribution in [3.05, 3.63) is 243 Å². The van der Waals surface area contributed by atoms with E-state index in [1.165, 1.54) is 27.7 Å². The predicted octanol–water partition coefficient (Wildman–Crippen LogP) is 13.4. The summed E-state index contributed by atoms with van der Waals surface area (Å²) >= 11 is 21.9. The van der Waals surface area contributed by atoms with Crippen molar-refractivity contribution < 1.29 is 35.5 Å². The molecule has 24 heteroatoms. The maximum atomic E-state index is 12.1. The number of nitrogens with two attached hydrogens (primary N) is 2. The number of anilines is 2. The Kier molecular flexibility index (Phi) is 41.4. The third-order valence-electron chi connectivity index (χ3n) is 12.0. The molecule has 91 heavy (non-hydrogen) atoms. The van der Waals surface area contributed by atoms with Gasteiger partial charge in [-0.25, -0.2) is 0 Å². The van der Waals surface area contributed by atoms with Crippen LogP contribution >= 0.6 is 59.8 Å². The number of aryl methyl sites for hydroxylation is 3. The number of Topliss-reactive ketones (excluding diaryl/α,β-unsaturated/α-hetero) is 3. The van der Waals surface area contributed by atoms with Gasteiger partial charge in [-0.15, -0.1) is 25.5 Å². The fourth-order valence-electron chi connectivity index (χ4n) is 7.68. The van der Waals surface area contributed by atoms with Crippen molar-refractivity contribution in [3.63, 3.8) is 0 Å². The Morgan fingerprint density at radius 2 is 0.780 bits per heavy atom. The first-order chi connectivity index (χ1) is 44.2. The minimum atomic E-state index is -0.314. The molecule has 0 fully saturated rings. The summed E-state index contributed by atoms with van der Waals surface area (Å²) in [6, 6.07) is 56.9. The molecule has 0 radical (unpaired) electrons. The third-order valence-corrected chi connectivity index (χ3v) is 13.4. The van der Waals surface area contributed by atoms with Gasteiger partial charge in [-0.05, 0) is 121 Å². The molecule has 5 aromatic heterocycles. The molecule has 468 valence electrons. The van der Waals surface area contributed by atoms with Crippen LogP contribution in [-0.2, 0) is 99.7 Å². The Bertz CT molecular complexity index is 3510. The number of ketones is 3. The molecule has 4 aromatic carbocycles. The summed E-state index contributed by atoms with van der Waals surface area (Å²) in [6.45, 7) is 3.57. The van der Waals surface area contributed by atoms with E-state index in [0.29, 0.717) is 90.4 Å². The Morgan fingerprint density at radius 3 is 1.10 bits per heavy atom. The van der Waals surface area contributed by atoms with Gasteiger partial charge in [0.1, 0.15) is 28.2 Å². The van der Waals surface area contributed by atoms with Crippen molar-refractivity contribution in [2.24, 2.45) is 0 Å². The van der Waals surface area contributed by atoms with Crippen molar-refractivity contribution in [3.8, 4) is 12.1 Å². The average Bonchev–Trinajstić information content (AvgIpc) is 3.98. The normalized spacial score (nSPS) is 9.81. The first-order valence-electron chi connectivity index (χ1n) is 28.8. The van der Waals surface area contributed by atoms with Gasteiger partial charge < -0.3 is 18.4 Å². The van der Waals surface area contributed by atoms with Gasteiger partial charge in [-0.3, -0.25) is 19.2 Å². The van der Waals surface area contributed by atoms with E-state index in [-0.39, 0.29) is 22.6 Å². The van der Waals surface area contributed by atoms with Gasteiger partial charge >= 0.3 is 30.0 Å². The summed E-state index contributed by atoms with van der Waals surface area (Å²) in [6.07, 6.45) is 12.0. The molecule has 0 atom stereocenters. The van der Waals surface area contributed by atoms with E-state index in [4.69, 9.17) is 56.8 Å². The molecule has 5 heterocycles. The quantitative estimate of drug-likeness (QED) is 0.0232. The van der Waals surface area contributed by atoms with Gasteiger partial charge in [-0.1, -0.05) is 162 Å². The van der Waals surface area contributed by atoms with E-state index in [1.807, 2.05) is 152 Å². The number of nitriles is 2. The van der Waals surface area contributed by atoms with Gasteiger partial charge in [0, 0.05) is 44.9 Å². The fraction of sp³-hybridized carbons (Fsp3) is 0.269. The number of aromatic nitrogens is 10. The van der Waals surface area contributed by atoms with Gasteiger partial charge in [0.05, 0.1) is 59.9 Å². The SMILES string of the molecule is N#CCCCCc1ccc(CC(=O)Cc2ccccc2)nn1.Nc1ccc(Cl)nn1.Nc1nnc(CCCCc2ccc(CC(=O)Cc3ccccc3)nn2)s1.O=C(Cc1ccccc1)Cc1ccc(Cl)nn1.O=C(Cl)Cc1ccccc1.[CH2-]CCCC#N.[Zn+][Br]. The topological polar surface area (TPSA) is 297 Å². The summed E-state index contributed by atoms with van der Waals surface area (Å²) < 4.78 is 0. The first-order valence-corrected chi connectivity index (χ1v) is 37.7. The molecule has 0 saturated heterocycles. The van der Waals surface area contributed by atoms with E-state index in [2.05, 4.69) is 77.6 Å². The summed E-state index contributed by atoms with van der Waals surface area (Å²) in [4.78, 5) is 46.3. The standard InChI is InChI=1S/C19H21N5OS.C18H19N3O.C13H11ClN2O.C8H7ClO.C5H8N.C4H4ClN3.BrH.Zn/c20-19-24-23-18(26-19)9-5-4-8-15-10-11-16(22-21-15)13-17(25)12-14-6-2-1-3-7-14;19-12-6-2-5-9-16-10-11-17(21-20-16)14-18(22)13-15-7-3-1-4-8-15;14-13-7-6-11(15-16-13)9-12(17)8-10-4-2-1-3-5-10;9-8(10)6-7-4-2-1-3-5-7;1-2-3-4-5-6;5-3-1-2-4(6)8-7-3;;/h1-3,6-7,10-11H,4-5,8-9,12-13H2,(H2,20,24);1,3-4,7-8,10-11H,2,5-6,9,13-14H2;1-7H,8-9H2;1-5H,6H2;1-4H2;1-2H,(H2,6,8);1H;/q;;;;-1;;;+2/p-1. The minimum absolute atomic E-state index is 0.118. The van der Waals surface area contributed by atoms with E-state index in [9.17, 15) is 19.2 Å². The van der Waals surface area contributed by atoms with E-state index >= 15 is 0 Å². The van der Waals surface area contributed by atoms with Crippen LogP contribution < -0.4 is 11.5 Å². The number of nitrogens with zero attached hydrogens (tertiary/aromatic N) is 12. The zero-order chi connectivity index (χ0) is 66.1. The molecule has 0 aliphatic rings. The summed E-state index contributed by atoms with van der Waals surface area (Å²) in [7, 11) is 0. The first kappa shape index (κ1) is 77.2. The number of carbonyl (C=O) groups excluding carboxylic acids is 4. The Morgan fingerprint density at radius 1 is 0.429 bits per heavy atom. The molecule has 0 bridgehead atoms. The van der Waals surface area contributed by atoms with Crippen LogP contribution in [0, 0.1) is 29.6 Å². The van der Waals surface area contributed by atoms with E-state index in [0.717, 1.165) is 102 Å². The van der Waals surface area contributed by atoms with E-state index < -0.39 is 0 Å². The van der Waals surface area contributed by atoms with Crippen LogP contribution in [0.2, 0.25) is 10.3 Å². The molecule has 0 saturated carbocycles. The molecule has 0 unspecified atom stereocenters. The number of nitrogen functional groups attached to an aromatic ring is 2. The second-order valence-corrected chi connectivity index (χ2v) is 21.8. The molecule has 9 rings (SSSR count). The molecule has 9 aromatic rings. The summed E-state index contributed by atoms with van der Waals surface area (Å²) in [5.41, 5.74) is 18.7. The Balaban J connectivity index is 0.000000302. The van der Waals surface area contributed by atoms with Crippen molar-refractivity contribution >= 4 is 93.3 Å². The van der Waals surface area contributed by atoms with Crippen LogP contribution in [0.3, 0.4) is 0 Å². The van der Waals surface area contributed by atoms with Crippen LogP contribution in [-0.4, -0.2) is 73.6 Å². The fourth-order valence-corrected chi connectivity index (χ4v) is 8.69. The van der Waals surface area contributed by atoms with Crippen molar-refractivity contribution in [1.29, 1.82) is 10.5 Å². The molecule has 0 aliphatic heterocycles. The number of carbonyl (C=O) groups is 4. The molecular formula is C67H70BrCl3N14O4SZn. The molecular weight excluding hydrogens is 1350 g/mol. The Labute approximate surface area is 568 Å². The molecule has 0 spiro atoms.